The summed E-state index contributed by atoms with van der Waals surface area (Å²) in [5.74, 6) is 0.0935. The van der Waals surface area contributed by atoms with Crippen molar-refractivity contribution in [2.75, 3.05) is 5.32 Å². The van der Waals surface area contributed by atoms with Crippen molar-refractivity contribution >= 4 is 44.7 Å². The summed E-state index contributed by atoms with van der Waals surface area (Å²) in [7, 11) is 0. The summed E-state index contributed by atoms with van der Waals surface area (Å²) in [6.07, 6.45) is 1.68. The minimum absolute atomic E-state index is 0.0452. The molecule has 0 bridgehead atoms. The summed E-state index contributed by atoms with van der Waals surface area (Å²) in [4.78, 5) is 12.3. The highest BCUT2D eigenvalue weighted by molar-refractivity contribution is 9.10. The number of nitrogens with one attached hydrogen (secondary N) is 1. The van der Waals surface area contributed by atoms with Gasteiger partial charge in [-0.05, 0) is 47.0 Å². The van der Waals surface area contributed by atoms with E-state index in [1.807, 2.05) is 19.9 Å². The molecule has 0 spiro atoms. The number of anilines is 1. The third-order valence-corrected chi connectivity index (χ3v) is 3.76. The Kier molecular flexibility index (Phi) is 5.75. The minimum Gasteiger partial charge on any atom is -0.389 e. The molecule has 0 saturated heterocycles. The molecule has 1 rings (SSSR count). The molecule has 98 valence electrons. The number of thiocarbonyl (C=S) groups is 1. The molecule has 0 heterocycles. The molecule has 0 atom stereocenters. The Morgan fingerprint density at radius 3 is 2.50 bits per heavy atom. The van der Waals surface area contributed by atoms with E-state index in [4.69, 9.17) is 18.0 Å². The van der Waals surface area contributed by atoms with E-state index in [0.29, 0.717) is 4.99 Å². The smallest absolute Gasteiger partial charge is 0.227 e. The third-order valence-electron chi connectivity index (χ3n) is 2.87. The summed E-state index contributed by atoms with van der Waals surface area (Å²) < 4.78 is 0.784. The van der Waals surface area contributed by atoms with Gasteiger partial charge in [0.05, 0.1) is 5.69 Å². The quantitative estimate of drug-likeness (QED) is 0.814. The predicted molar refractivity (Wildman–Crippen MR) is 82.7 cm³/mol. The Morgan fingerprint density at radius 1 is 1.44 bits per heavy atom. The van der Waals surface area contributed by atoms with E-state index in [-0.39, 0.29) is 11.8 Å². The minimum atomic E-state index is 0.0452. The standard InChI is InChI=1S/C13H17BrN2OS/c1-3-8(4-2)13(17)16-11-6-5-9(12(15)18)7-10(11)14/h5-8H,3-4H2,1-2H3,(H2,15,18)(H,16,17). The number of hydrogen-bond acceptors (Lipinski definition) is 2. The highest BCUT2D eigenvalue weighted by atomic mass is 79.9. The van der Waals surface area contributed by atoms with Gasteiger partial charge in [0.15, 0.2) is 0 Å². The van der Waals surface area contributed by atoms with Gasteiger partial charge in [-0.1, -0.05) is 26.1 Å². The molecular formula is C13H17BrN2OS. The van der Waals surface area contributed by atoms with Crippen LogP contribution in [-0.4, -0.2) is 10.9 Å². The summed E-state index contributed by atoms with van der Waals surface area (Å²) in [6, 6.07) is 5.42. The van der Waals surface area contributed by atoms with Gasteiger partial charge in [-0.2, -0.15) is 0 Å². The zero-order valence-corrected chi connectivity index (χ0v) is 12.9. The van der Waals surface area contributed by atoms with Crippen LogP contribution in [0, 0.1) is 5.92 Å². The molecule has 0 aromatic heterocycles. The molecule has 0 radical (unpaired) electrons. The molecule has 5 heteroatoms. The molecule has 0 fully saturated rings. The second-order valence-electron chi connectivity index (χ2n) is 4.06. The molecule has 18 heavy (non-hydrogen) atoms. The lowest BCUT2D eigenvalue weighted by atomic mass is 10.0. The Hall–Kier alpha value is -0.940. The summed E-state index contributed by atoms with van der Waals surface area (Å²) >= 11 is 8.31. The van der Waals surface area contributed by atoms with E-state index in [9.17, 15) is 4.79 Å². The zero-order valence-electron chi connectivity index (χ0n) is 10.5. The van der Waals surface area contributed by atoms with E-state index in [2.05, 4.69) is 21.2 Å². The number of rotatable bonds is 5. The van der Waals surface area contributed by atoms with Crippen molar-refractivity contribution in [3.8, 4) is 0 Å². The maximum Gasteiger partial charge on any atom is 0.227 e. The number of carbonyl (C=O) groups excluding carboxylic acids is 1. The lowest BCUT2D eigenvalue weighted by Gasteiger charge is -2.14. The van der Waals surface area contributed by atoms with Crippen molar-refractivity contribution in [2.45, 2.75) is 26.7 Å². The van der Waals surface area contributed by atoms with Crippen molar-refractivity contribution in [3.05, 3.63) is 28.2 Å². The van der Waals surface area contributed by atoms with Gasteiger partial charge in [0.25, 0.3) is 0 Å². The fraction of sp³-hybridized carbons (Fsp3) is 0.385. The Morgan fingerprint density at radius 2 is 2.06 bits per heavy atom. The highest BCUT2D eigenvalue weighted by Gasteiger charge is 2.15. The van der Waals surface area contributed by atoms with Gasteiger partial charge in [0, 0.05) is 16.0 Å². The largest absolute Gasteiger partial charge is 0.389 e. The highest BCUT2D eigenvalue weighted by Crippen LogP contribution is 2.24. The van der Waals surface area contributed by atoms with Crippen LogP contribution in [0.4, 0.5) is 5.69 Å². The van der Waals surface area contributed by atoms with Crippen LogP contribution in [0.2, 0.25) is 0 Å². The van der Waals surface area contributed by atoms with Gasteiger partial charge >= 0.3 is 0 Å². The zero-order chi connectivity index (χ0) is 13.7. The molecule has 1 amide bonds. The van der Waals surface area contributed by atoms with Crippen molar-refractivity contribution < 1.29 is 4.79 Å². The van der Waals surface area contributed by atoms with Crippen LogP contribution in [0.15, 0.2) is 22.7 Å². The van der Waals surface area contributed by atoms with Crippen molar-refractivity contribution in [3.63, 3.8) is 0 Å². The first kappa shape index (κ1) is 15.1. The molecule has 0 aliphatic rings. The molecule has 3 N–H and O–H groups in total. The van der Waals surface area contributed by atoms with E-state index in [0.717, 1.165) is 28.6 Å². The van der Waals surface area contributed by atoms with Crippen LogP contribution in [0.3, 0.4) is 0 Å². The maximum atomic E-state index is 12.0. The Balaban J connectivity index is 2.86. The lowest BCUT2D eigenvalue weighted by Crippen LogP contribution is -2.22. The number of benzene rings is 1. The molecule has 3 nitrogen and oxygen atoms in total. The monoisotopic (exact) mass is 328 g/mol. The van der Waals surface area contributed by atoms with E-state index in [1.165, 1.54) is 0 Å². The Bertz CT molecular complexity index is 458. The van der Waals surface area contributed by atoms with E-state index < -0.39 is 0 Å². The van der Waals surface area contributed by atoms with Crippen molar-refractivity contribution in [1.29, 1.82) is 0 Å². The van der Waals surface area contributed by atoms with Gasteiger partial charge in [-0.15, -0.1) is 0 Å². The molecule has 0 aliphatic carbocycles. The SMILES string of the molecule is CCC(CC)C(=O)Nc1ccc(C(N)=S)cc1Br. The topological polar surface area (TPSA) is 55.1 Å². The summed E-state index contributed by atoms with van der Waals surface area (Å²) in [6.45, 7) is 4.03. The van der Waals surface area contributed by atoms with Crippen molar-refractivity contribution in [2.24, 2.45) is 11.7 Å². The van der Waals surface area contributed by atoms with Gasteiger partial charge in [0.2, 0.25) is 5.91 Å². The summed E-state index contributed by atoms with van der Waals surface area (Å²) in [5.41, 5.74) is 7.07. The number of hydrogen-bond donors (Lipinski definition) is 2. The van der Waals surface area contributed by atoms with Crippen molar-refractivity contribution in [1.82, 2.24) is 0 Å². The molecule has 1 aromatic carbocycles. The first-order valence-electron chi connectivity index (χ1n) is 5.89. The van der Waals surface area contributed by atoms with Gasteiger partial charge in [-0.3, -0.25) is 4.79 Å². The van der Waals surface area contributed by atoms with Crippen LogP contribution in [-0.2, 0) is 4.79 Å². The summed E-state index contributed by atoms with van der Waals surface area (Å²) in [5, 5.41) is 2.91. The molecule has 1 aromatic rings. The van der Waals surface area contributed by atoms with Gasteiger partial charge in [-0.25, -0.2) is 0 Å². The molecule has 0 saturated carbocycles. The molecule has 0 aliphatic heterocycles. The van der Waals surface area contributed by atoms with Crippen LogP contribution < -0.4 is 11.1 Å². The normalized spacial score (nSPS) is 10.4. The number of nitrogens with two attached hydrogens (primary N) is 1. The number of amides is 1. The van der Waals surface area contributed by atoms with Crippen LogP contribution >= 0.6 is 28.1 Å². The fourth-order valence-corrected chi connectivity index (χ4v) is 2.27. The van der Waals surface area contributed by atoms with Crippen LogP contribution in [0.25, 0.3) is 0 Å². The van der Waals surface area contributed by atoms with E-state index >= 15 is 0 Å². The third kappa shape index (κ3) is 3.78. The number of carbonyl (C=O) groups is 1. The molecule has 0 unspecified atom stereocenters. The van der Waals surface area contributed by atoms with Crippen LogP contribution in [0.1, 0.15) is 32.3 Å². The number of halogens is 1. The first-order chi connectivity index (χ1) is 8.49. The Labute approximate surface area is 121 Å². The van der Waals surface area contributed by atoms with E-state index in [1.54, 1.807) is 12.1 Å². The second-order valence-corrected chi connectivity index (χ2v) is 5.36. The second kappa shape index (κ2) is 6.85. The fourth-order valence-electron chi connectivity index (χ4n) is 1.66. The average Bonchev–Trinajstić information content (AvgIpc) is 2.33. The maximum absolute atomic E-state index is 12.0. The van der Waals surface area contributed by atoms with Gasteiger partial charge < -0.3 is 11.1 Å². The lowest BCUT2D eigenvalue weighted by molar-refractivity contribution is -0.120. The molecular weight excluding hydrogens is 312 g/mol. The first-order valence-corrected chi connectivity index (χ1v) is 7.09. The average molecular weight is 329 g/mol. The predicted octanol–water partition coefficient (Wildman–Crippen LogP) is 3.46. The van der Waals surface area contributed by atoms with Crippen LogP contribution in [0.5, 0.6) is 0 Å². The van der Waals surface area contributed by atoms with Gasteiger partial charge in [0.1, 0.15) is 4.99 Å².